The summed E-state index contributed by atoms with van der Waals surface area (Å²) < 4.78 is 0. The number of nitrogens with one attached hydrogen (secondary N) is 1. The van der Waals surface area contributed by atoms with Crippen LogP contribution in [0.15, 0.2) is 31.0 Å². The van der Waals surface area contributed by atoms with Gasteiger partial charge in [-0.15, -0.1) is 0 Å². The van der Waals surface area contributed by atoms with Gasteiger partial charge in [-0.05, 0) is 60.9 Å². The van der Waals surface area contributed by atoms with E-state index in [-0.39, 0.29) is 11.3 Å². The van der Waals surface area contributed by atoms with Crippen LogP contribution in [-0.2, 0) is 11.2 Å². The summed E-state index contributed by atoms with van der Waals surface area (Å²) in [5.74, 6) is 2.03. The van der Waals surface area contributed by atoms with Gasteiger partial charge < -0.3 is 9.80 Å². The Morgan fingerprint density at radius 1 is 1.32 bits per heavy atom. The van der Waals surface area contributed by atoms with Gasteiger partial charge in [-0.3, -0.25) is 9.89 Å². The Labute approximate surface area is 198 Å². The van der Waals surface area contributed by atoms with E-state index in [1.807, 2.05) is 11.1 Å². The number of benzene rings is 1. The summed E-state index contributed by atoms with van der Waals surface area (Å²) in [6.45, 7) is 8.94. The summed E-state index contributed by atoms with van der Waals surface area (Å²) in [5.41, 5.74) is 7.57. The van der Waals surface area contributed by atoms with Crippen LogP contribution in [0.4, 0.5) is 5.82 Å². The van der Waals surface area contributed by atoms with Crippen LogP contribution in [0.2, 0.25) is 0 Å². The molecule has 7 heteroatoms. The molecule has 4 heterocycles. The summed E-state index contributed by atoms with van der Waals surface area (Å²) >= 11 is 0. The number of amides is 1. The molecule has 2 atom stereocenters. The zero-order chi connectivity index (χ0) is 23.2. The van der Waals surface area contributed by atoms with Crippen molar-refractivity contribution in [3.63, 3.8) is 0 Å². The lowest BCUT2D eigenvalue weighted by molar-refractivity contribution is -0.136. The number of nitrogens with zero attached hydrogens (tertiary/aromatic N) is 5. The number of hydrogen-bond donors (Lipinski definition) is 1. The van der Waals surface area contributed by atoms with Crippen LogP contribution in [0.5, 0.6) is 0 Å². The highest BCUT2D eigenvalue weighted by molar-refractivity contribution is 6.00. The number of nitriles is 1. The molecule has 0 radical (unpaired) electrons. The van der Waals surface area contributed by atoms with Crippen LogP contribution >= 0.6 is 0 Å². The number of aromatic amines is 1. The number of fused-ring (bicyclic) bond motifs is 4. The maximum Gasteiger partial charge on any atom is 0.245 e. The van der Waals surface area contributed by atoms with Crippen LogP contribution in [0.3, 0.4) is 0 Å². The van der Waals surface area contributed by atoms with Gasteiger partial charge in [0.1, 0.15) is 17.5 Å². The number of aromatic nitrogens is 3. The highest BCUT2D eigenvalue weighted by atomic mass is 16.2. The Bertz CT molecular complexity index is 1440. The van der Waals surface area contributed by atoms with E-state index < -0.39 is 0 Å². The van der Waals surface area contributed by atoms with Gasteiger partial charge in [-0.25, -0.2) is 4.98 Å². The van der Waals surface area contributed by atoms with Crippen LogP contribution < -0.4 is 4.90 Å². The molecule has 170 valence electrons. The quantitative estimate of drug-likeness (QED) is 0.615. The Hall–Kier alpha value is -3.66. The Morgan fingerprint density at radius 2 is 2.18 bits per heavy atom. The number of H-pyrrole nitrogens is 1. The monoisotopic (exact) mass is 450 g/mol. The topological polar surface area (TPSA) is 88.9 Å². The molecule has 7 nitrogen and oxygen atoms in total. The highest BCUT2D eigenvalue weighted by Crippen LogP contribution is 2.59. The molecule has 1 saturated carbocycles. The van der Waals surface area contributed by atoms with Crippen molar-refractivity contribution in [2.45, 2.75) is 32.1 Å². The number of carbonyl (C=O) groups excluding carboxylic acids is 1. The third-order valence-electron chi connectivity index (χ3n) is 8.52. The van der Waals surface area contributed by atoms with Crippen LogP contribution in [0.1, 0.15) is 41.1 Å². The summed E-state index contributed by atoms with van der Waals surface area (Å²) in [6, 6.07) is 6.74. The Kier molecular flexibility index (Phi) is 3.89. The second-order valence-electron chi connectivity index (χ2n) is 10.6. The molecule has 1 amide bonds. The number of hydrogen-bond acceptors (Lipinski definition) is 5. The lowest BCUT2D eigenvalue weighted by Crippen LogP contribution is -2.59. The molecule has 0 unspecified atom stereocenters. The third-order valence-corrected chi connectivity index (χ3v) is 8.52. The van der Waals surface area contributed by atoms with E-state index in [1.165, 1.54) is 23.8 Å². The zero-order valence-corrected chi connectivity index (χ0v) is 19.3. The molecule has 0 bridgehead atoms. The van der Waals surface area contributed by atoms with Gasteiger partial charge in [0, 0.05) is 48.5 Å². The number of carbonyl (C=O) groups is 1. The average Bonchev–Trinajstić information content (AvgIpc) is 3.18. The molecule has 2 saturated heterocycles. The first-order chi connectivity index (χ1) is 16.5. The second-order valence-corrected chi connectivity index (χ2v) is 10.6. The molecule has 1 spiro atoms. The lowest BCUT2D eigenvalue weighted by atomic mass is 9.79. The second kappa shape index (κ2) is 6.69. The van der Waals surface area contributed by atoms with Gasteiger partial charge in [0.2, 0.25) is 5.91 Å². The largest absolute Gasteiger partial charge is 0.355 e. The smallest absolute Gasteiger partial charge is 0.245 e. The molecule has 1 N–H and O–H groups in total. The molecule has 1 aromatic carbocycles. The minimum Gasteiger partial charge on any atom is -0.355 e. The summed E-state index contributed by atoms with van der Waals surface area (Å²) in [6.07, 6.45) is 6.50. The SMILES string of the molecule is C=CC(=O)N1CC2(CCN(c3nc4c(c(-c5c(C)ccc6[nH]ncc56)c3C#N)C[C@@H]3C[C@@H]43)C2)C1. The first kappa shape index (κ1) is 19.8. The first-order valence-electron chi connectivity index (χ1n) is 12.1. The standard InChI is InChI=1S/C27H26N6O/c1-3-22(34)33-13-27(14-33)6-7-32(12-27)26-19(10-28)24(18-9-16-8-17(16)25(18)30-26)23-15(2)4-5-21-20(23)11-29-31-21/h3-5,11,16-17H,1,6-9,12-14H2,2H3,(H,29,31)/t16-,17+/m0/s1. The number of likely N-dealkylation sites (tertiary alicyclic amines) is 1. The van der Waals surface area contributed by atoms with Gasteiger partial charge in [0.05, 0.1) is 17.4 Å². The van der Waals surface area contributed by atoms with Gasteiger partial charge in [0.25, 0.3) is 0 Å². The maximum absolute atomic E-state index is 12.0. The molecule has 7 rings (SSSR count). The van der Waals surface area contributed by atoms with Gasteiger partial charge in [0.15, 0.2) is 0 Å². The summed E-state index contributed by atoms with van der Waals surface area (Å²) in [5, 5.41) is 18.9. The maximum atomic E-state index is 12.0. The Balaban J connectivity index is 1.36. The fourth-order valence-corrected chi connectivity index (χ4v) is 6.70. The van der Waals surface area contributed by atoms with Crippen molar-refractivity contribution < 1.29 is 4.79 Å². The van der Waals surface area contributed by atoms with Crippen molar-refractivity contribution in [2.75, 3.05) is 31.1 Å². The molecule has 2 aliphatic carbocycles. The van der Waals surface area contributed by atoms with Crippen molar-refractivity contribution in [1.29, 1.82) is 5.26 Å². The van der Waals surface area contributed by atoms with Crippen molar-refractivity contribution >= 4 is 22.6 Å². The minimum absolute atomic E-state index is 0.00295. The van der Waals surface area contributed by atoms with Crippen LogP contribution in [0.25, 0.3) is 22.0 Å². The molecule has 2 aliphatic heterocycles. The fourth-order valence-electron chi connectivity index (χ4n) is 6.70. The van der Waals surface area contributed by atoms with Crippen molar-refractivity contribution in [3.05, 3.63) is 53.4 Å². The average molecular weight is 451 g/mol. The van der Waals surface area contributed by atoms with E-state index in [2.05, 4.69) is 46.8 Å². The predicted molar refractivity (Wildman–Crippen MR) is 129 cm³/mol. The van der Waals surface area contributed by atoms with Crippen molar-refractivity contribution in [2.24, 2.45) is 11.3 Å². The molecule has 3 aromatic rings. The zero-order valence-electron chi connectivity index (χ0n) is 19.3. The molecule has 4 aliphatic rings. The molecule has 34 heavy (non-hydrogen) atoms. The van der Waals surface area contributed by atoms with E-state index in [9.17, 15) is 10.1 Å². The molecular weight excluding hydrogens is 424 g/mol. The summed E-state index contributed by atoms with van der Waals surface area (Å²) in [7, 11) is 0. The molecular formula is C27H26N6O. The number of anilines is 1. The van der Waals surface area contributed by atoms with E-state index in [0.717, 1.165) is 72.4 Å². The molecule has 3 fully saturated rings. The Morgan fingerprint density at radius 3 is 2.97 bits per heavy atom. The fraction of sp³-hybridized carbons (Fsp3) is 0.407. The number of pyridine rings is 1. The van der Waals surface area contributed by atoms with E-state index in [1.54, 1.807) is 0 Å². The third kappa shape index (κ3) is 2.60. The van der Waals surface area contributed by atoms with Crippen molar-refractivity contribution in [3.8, 4) is 17.2 Å². The van der Waals surface area contributed by atoms with E-state index in [0.29, 0.717) is 17.4 Å². The lowest BCUT2D eigenvalue weighted by Gasteiger charge is -2.47. The van der Waals surface area contributed by atoms with Gasteiger partial charge in [-0.1, -0.05) is 12.6 Å². The van der Waals surface area contributed by atoms with E-state index >= 15 is 0 Å². The van der Waals surface area contributed by atoms with Gasteiger partial charge in [-0.2, -0.15) is 10.4 Å². The molecule has 2 aromatic heterocycles. The number of aryl methyl sites for hydroxylation is 1. The van der Waals surface area contributed by atoms with Crippen molar-refractivity contribution in [1.82, 2.24) is 20.1 Å². The highest BCUT2D eigenvalue weighted by Gasteiger charge is 2.51. The normalized spacial score (nSPS) is 23.5. The van der Waals surface area contributed by atoms with Gasteiger partial charge >= 0.3 is 0 Å². The van der Waals surface area contributed by atoms with Crippen LogP contribution in [0, 0.1) is 29.6 Å². The number of rotatable bonds is 3. The minimum atomic E-state index is 0.00295. The van der Waals surface area contributed by atoms with E-state index in [4.69, 9.17) is 4.98 Å². The predicted octanol–water partition coefficient (Wildman–Crippen LogP) is 3.69. The van der Waals surface area contributed by atoms with Crippen LogP contribution in [-0.4, -0.2) is 52.2 Å². The first-order valence-corrected chi connectivity index (χ1v) is 12.1. The summed E-state index contributed by atoms with van der Waals surface area (Å²) in [4.78, 5) is 21.4.